The molecular formula is C23H26N2O3. The van der Waals surface area contributed by atoms with Crippen LogP contribution in [0.2, 0.25) is 0 Å². The lowest BCUT2D eigenvalue weighted by Gasteiger charge is -2.34. The molecule has 0 unspecified atom stereocenters. The Bertz CT molecular complexity index is 827. The lowest BCUT2D eigenvalue weighted by atomic mass is 10.1. The van der Waals surface area contributed by atoms with Gasteiger partial charge in [-0.05, 0) is 29.3 Å². The molecule has 2 aliphatic rings. The molecule has 4 rings (SSSR count). The predicted molar refractivity (Wildman–Crippen MR) is 109 cm³/mol. The van der Waals surface area contributed by atoms with Gasteiger partial charge in [0, 0.05) is 45.7 Å². The Kier molecular flexibility index (Phi) is 6.04. The number of carbonyl (C=O) groups excluding carboxylic acids is 1. The highest BCUT2D eigenvalue weighted by atomic mass is 16.7. The summed E-state index contributed by atoms with van der Waals surface area (Å²) >= 11 is 0. The van der Waals surface area contributed by atoms with Crippen LogP contribution in [-0.4, -0.2) is 55.1 Å². The molecule has 2 aromatic carbocycles. The molecule has 2 aliphatic heterocycles. The molecule has 0 aliphatic carbocycles. The van der Waals surface area contributed by atoms with Crippen molar-refractivity contribution in [3.05, 3.63) is 65.7 Å². The highest BCUT2D eigenvalue weighted by Crippen LogP contribution is 2.32. The van der Waals surface area contributed by atoms with E-state index in [1.54, 1.807) is 6.08 Å². The van der Waals surface area contributed by atoms with Crippen LogP contribution < -0.4 is 9.47 Å². The minimum atomic E-state index is 0.157. The first-order valence-electron chi connectivity index (χ1n) is 9.85. The van der Waals surface area contributed by atoms with Gasteiger partial charge in [0.05, 0.1) is 0 Å². The van der Waals surface area contributed by atoms with E-state index in [0.29, 0.717) is 6.42 Å². The average Bonchev–Trinajstić information content (AvgIpc) is 3.20. The van der Waals surface area contributed by atoms with Gasteiger partial charge in [-0.25, -0.2) is 0 Å². The van der Waals surface area contributed by atoms with E-state index in [0.717, 1.165) is 56.3 Å². The number of carbonyl (C=O) groups is 1. The van der Waals surface area contributed by atoms with E-state index in [-0.39, 0.29) is 12.6 Å². The van der Waals surface area contributed by atoms with E-state index in [1.165, 1.54) is 5.56 Å². The Balaban J connectivity index is 1.18. The Morgan fingerprint density at radius 1 is 0.929 bits per heavy atom. The minimum absolute atomic E-state index is 0.157. The molecule has 1 fully saturated rings. The molecule has 0 atom stereocenters. The SMILES string of the molecule is O=C(C=Cc1ccc2c(c1)OCO2)CCN1CCN(Cc2ccccc2)CC1. The van der Waals surface area contributed by atoms with Crippen molar-refractivity contribution in [2.75, 3.05) is 39.5 Å². The lowest BCUT2D eigenvalue weighted by molar-refractivity contribution is -0.114. The fourth-order valence-electron chi connectivity index (χ4n) is 3.57. The summed E-state index contributed by atoms with van der Waals surface area (Å²) in [6, 6.07) is 16.3. The molecule has 0 N–H and O–H groups in total. The normalized spacial score (nSPS) is 17.3. The number of hydrogen-bond acceptors (Lipinski definition) is 5. The summed E-state index contributed by atoms with van der Waals surface area (Å²) in [6.07, 6.45) is 4.07. The molecule has 0 spiro atoms. The number of ketones is 1. The van der Waals surface area contributed by atoms with Gasteiger partial charge in [0.1, 0.15) is 0 Å². The first kappa shape index (κ1) is 18.7. The Morgan fingerprint density at radius 2 is 1.68 bits per heavy atom. The summed E-state index contributed by atoms with van der Waals surface area (Å²) in [5.74, 6) is 1.65. The number of benzene rings is 2. The second kappa shape index (κ2) is 9.04. The van der Waals surface area contributed by atoms with Crippen molar-refractivity contribution < 1.29 is 14.3 Å². The zero-order chi connectivity index (χ0) is 19.2. The number of piperazine rings is 1. The average molecular weight is 378 g/mol. The van der Waals surface area contributed by atoms with Gasteiger partial charge in [0.2, 0.25) is 6.79 Å². The maximum Gasteiger partial charge on any atom is 0.231 e. The van der Waals surface area contributed by atoms with Gasteiger partial charge in [0.25, 0.3) is 0 Å². The van der Waals surface area contributed by atoms with E-state index in [4.69, 9.17) is 9.47 Å². The van der Waals surface area contributed by atoms with E-state index >= 15 is 0 Å². The van der Waals surface area contributed by atoms with Gasteiger partial charge in [-0.2, -0.15) is 0 Å². The molecule has 146 valence electrons. The molecule has 0 radical (unpaired) electrons. The Hall–Kier alpha value is -2.63. The van der Waals surface area contributed by atoms with Gasteiger partial charge >= 0.3 is 0 Å². The van der Waals surface area contributed by atoms with Crippen molar-refractivity contribution in [1.29, 1.82) is 0 Å². The lowest BCUT2D eigenvalue weighted by Crippen LogP contribution is -2.46. The smallest absolute Gasteiger partial charge is 0.231 e. The fraction of sp³-hybridized carbons (Fsp3) is 0.348. The van der Waals surface area contributed by atoms with Crippen LogP contribution in [-0.2, 0) is 11.3 Å². The molecule has 1 saturated heterocycles. The second-order valence-electron chi connectivity index (χ2n) is 7.27. The quantitative estimate of drug-likeness (QED) is 0.692. The molecule has 0 amide bonds. The van der Waals surface area contributed by atoms with Crippen molar-refractivity contribution in [2.24, 2.45) is 0 Å². The summed E-state index contributed by atoms with van der Waals surface area (Å²) in [4.78, 5) is 17.1. The third kappa shape index (κ3) is 5.00. The Labute approximate surface area is 166 Å². The highest BCUT2D eigenvalue weighted by molar-refractivity contribution is 5.93. The van der Waals surface area contributed by atoms with Crippen molar-refractivity contribution in [2.45, 2.75) is 13.0 Å². The summed E-state index contributed by atoms with van der Waals surface area (Å²) < 4.78 is 10.7. The minimum Gasteiger partial charge on any atom is -0.454 e. The van der Waals surface area contributed by atoms with Crippen LogP contribution in [0.4, 0.5) is 0 Å². The maximum atomic E-state index is 12.2. The van der Waals surface area contributed by atoms with Gasteiger partial charge in [-0.3, -0.25) is 9.69 Å². The summed E-state index contributed by atoms with van der Waals surface area (Å²) in [6.45, 7) is 6.24. The van der Waals surface area contributed by atoms with E-state index < -0.39 is 0 Å². The Morgan fingerprint density at radius 3 is 2.50 bits per heavy atom. The van der Waals surface area contributed by atoms with Crippen LogP contribution in [0.3, 0.4) is 0 Å². The first-order valence-corrected chi connectivity index (χ1v) is 9.85. The summed E-state index contributed by atoms with van der Waals surface area (Å²) in [5.41, 5.74) is 2.31. The fourth-order valence-corrected chi connectivity index (χ4v) is 3.57. The number of fused-ring (bicyclic) bond motifs is 1. The maximum absolute atomic E-state index is 12.2. The van der Waals surface area contributed by atoms with E-state index in [2.05, 4.69) is 40.1 Å². The van der Waals surface area contributed by atoms with E-state index in [1.807, 2.05) is 24.3 Å². The van der Waals surface area contributed by atoms with Crippen molar-refractivity contribution >= 4 is 11.9 Å². The van der Waals surface area contributed by atoms with E-state index in [9.17, 15) is 4.79 Å². The first-order chi connectivity index (χ1) is 13.8. The van der Waals surface area contributed by atoms with Gasteiger partial charge in [-0.15, -0.1) is 0 Å². The van der Waals surface area contributed by atoms with Crippen LogP contribution in [0.5, 0.6) is 11.5 Å². The van der Waals surface area contributed by atoms with Gasteiger partial charge < -0.3 is 14.4 Å². The summed E-state index contributed by atoms with van der Waals surface area (Å²) in [7, 11) is 0. The van der Waals surface area contributed by atoms with Crippen molar-refractivity contribution in [3.63, 3.8) is 0 Å². The van der Waals surface area contributed by atoms with Crippen LogP contribution in [0.15, 0.2) is 54.6 Å². The third-order valence-electron chi connectivity index (χ3n) is 5.25. The zero-order valence-corrected chi connectivity index (χ0v) is 16.0. The monoisotopic (exact) mass is 378 g/mol. The van der Waals surface area contributed by atoms with Crippen LogP contribution in [0.25, 0.3) is 6.08 Å². The number of hydrogen-bond donors (Lipinski definition) is 0. The molecule has 5 nitrogen and oxygen atoms in total. The number of nitrogens with zero attached hydrogens (tertiary/aromatic N) is 2. The topological polar surface area (TPSA) is 42.0 Å². The second-order valence-corrected chi connectivity index (χ2v) is 7.27. The predicted octanol–water partition coefficient (Wildman–Crippen LogP) is 3.21. The summed E-state index contributed by atoms with van der Waals surface area (Å²) in [5, 5.41) is 0. The van der Waals surface area contributed by atoms with Gasteiger partial charge in [-0.1, -0.05) is 42.5 Å². The molecule has 28 heavy (non-hydrogen) atoms. The largest absolute Gasteiger partial charge is 0.454 e. The molecule has 0 bridgehead atoms. The van der Waals surface area contributed by atoms with Crippen LogP contribution >= 0.6 is 0 Å². The van der Waals surface area contributed by atoms with Crippen molar-refractivity contribution in [1.82, 2.24) is 9.80 Å². The highest BCUT2D eigenvalue weighted by Gasteiger charge is 2.17. The standard InChI is InChI=1S/C23H26N2O3/c26-21(8-6-19-7-9-22-23(16-19)28-18-27-22)10-11-24-12-14-25(15-13-24)17-20-4-2-1-3-5-20/h1-9,16H,10-15,17-18H2. The number of ether oxygens (including phenoxy) is 2. The number of allylic oxidation sites excluding steroid dienone is 1. The van der Waals surface area contributed by atoms with Crippen LogP contribution in [0, 0.1) is 0 Å². The molecular weight excluding hydrogens is 352 g/mol. The molecule has 0 aromatic heterocycles. The third-order valence-corrected chi connectivity index (χ3v) is 5.25. The number of rotatable bonds is 7. The van der Waals surface area contributed by atoms with Crippen molar-refractivity contribution in [3.8, 4) is 11.5 Å². The molecule has 0 saturated carbocycles. The zero-order valence-electron chi connectivity index (χ0n) is 16.0. The van der Waals surface area contributed by atoms with Gasteiger partial charge in [0.15, 0.2) is 17.3 Å². The molecule has 2 aromatic rings. The molecule has 2 heterocycles. The van der Waals surface area contributed by atoms with Crippen LogP contribution in [0.1, 0.15) is 17.5 Å². The molecule has 5 heteroatoms.